The van der Waals surface area contributed by atoms with Crippen molar-refractivity contribution in [2.45, 2.75) is 78.1 Å². The molecule has 17 heteroatoms. The number of benzene rings is 6. The van der Waals surface area contributed by atoms with Crippen LogP contribution in [0.4, 0.5) is 0 Å². The van der Waals surface area contributed by atoms with Gasteiger partial charge >= 0.3 is 35.8 Å². The Kier molecular flexibility index (Phi) is 28.1. The second-order valence-electron chi connectivity index (χ2n) is 19.5. The van der Waals surface area contributed by atoms with E-state index in [4.69, 9.17) is 52.1 Å². The lowest BCUT2D eigenvalue weighted by Crippen LogP contribution is -2.14. The predicted molar refractivity (Wildman–Crippen MR) is 318 cm³/mol. The Labute approximate surface area is 496 Å². The molecular formula is C68H74O17. The Morgan fingerprint density at radius 2 is 0.647 bits per heavy atom. The van der Waals surface area contributed by atoms with Crippen LogP contribution in [0.2, 0.25) is 0 Å². The summed E-state index contributed by atoms with van der Waals surface area (Å²) in [5, 5.41) is 0. The van der Waals surface area contributed by atoms with Gasteiger partial charge < -0.3 is 52.1 Å². The molecule has 6 aromatic carbocycles. The van der Waals surface area contributed by atoms with Crippen molar-refractivity contribution in [3.8, 4) is 34.5 Å². The average Bonchev–Trinajstić information content (AvgIpc) is 3.72. The van der Waals surface area contributed by atoms with E-state index in [1.165, 1.54) is 0 Å². The van der Waals surface area contributed by atoms with Gasteiger partial charge in [-0.3, -0.25) is 0 Å². The molecule has 448 valence electrons. The summed E-state index contributed by atoms with van der Waals surface area (Å²) in [6.45, 7) is 13.8. The second kappa shape index (κ2) is 36.6. The minimum Gasteiger partial charge on any atom is -0.491 e. The van der Waals surface area contributed by atoms with Gasteiger partial charge in [-0.25, -0.2) is 28.8 Å². The molecule has 0 saturated heterocycles. The number of hydrogen-bond donors (Lipinski definition) is 0. The van der Waals surface area contributed by atoms with Crippen LogP contribution in [0.15, 0.2) is 159 Å². The number of carbonyl (C=O) groups excluding carboxylic acids is 6. The summed E-state index contributed by atoms with van der Waals surface area (Å²) in [6.07, 6.45) is 11.5. The van der Waals surface area contributed by atoms with E-state index in [9.17, 15) is 28.8 Å². The Morgan fingerprint density at radius 3 is 0.976 bits per heavy atom. The van der Waals surface area contributed by atoms with Crippen LogP contribution >= 0.6 is 0 Å². The lowest BCUT2D eigenvalue weighted by molar-refractivity contribution is -0.138. The molecule has 17 nitrogen and oxygen atoms in total. The first-order valence-corrected chi connectivity index (χ1v) is 28.4. The van der Waals surface area contributed by atoms with E-state index in [1.54, 1.807) is 123 Å². The number of carbonyl (C=O) groups is 6. The van der Waals surface area contributed by atoms with E-state index >= 15 is 0 Å². The van der Waals surface area contributed by atoms with Crippen LogP contribution in [0.3, 0.4) is 0 Å². The molecule has 0 aromatic heterocycles. The quantitative estimate of drug-likeness (QED) is 0.0153. The number of aryl methyl sites for hydroxylation is 4. The highest BCUT2D eigenvalue weighted by molar-refractivity contribution is 5.94. The summed E-state index contributed by atoms with van der Waals surface area (Å²) in [4.78, 5) is 73.9. The van der Waals surface area contributed by atoms with Gasteiger partial charge in [-0.2, -0.15) is 0 Å². The van der Waals surface area contributed by atoms with Gasteiger partial charge in [0, 0.05) is 12.2 Å². The molecule has 0 radical (unpaired) electrons. The first kappa shape index (κ1) is 65.3. The van der Waals surface area contributed by atoms with Crippen molar-refractivity contribution in [2.24, 2.45) is 0 Å². The summed E-state index contributed by atoms with van der Waals surface area (Å²) in [6, 6.07) is 37.2. The van der Waals surface area contributed by atoms with Gasteiger partial charge in [-0.05, 0) is 184 Å². The fourth-order valence-electron chi connectivity index (χ4n) is 8.34. The van der Waals surface area contributed by atoms with Gasteiger partial charge in [0.1, 0.15) is 47.7 Å². The van der Waals surface area contributed by atoms with Crippen molar-refractivity contribution in [1.82, 2.24) is 0 Å². The van der Waals surface area contributed by atoms with Crippen LogP contribution in [0.1, 0.15) is 115 Å². The van der Waals surface area contributed by atoms with Gasteiger partial charge in [-0.15, -0.1) is 0 Å². The molecule has 0 atom stereocenters. The molecule has 0 N–H and O–H groups in total. The van der Waals surface area contributed by atoms with Crippen LogP contribution in [0.5, 0.6) is 34.5 Å². The van der Waals surface area contributed by atoms with Gasteiger partial charge in [0.05, 0.1) is 75.1 Å². The molecular weight excluding hydrogens is 1090 g/mol. The SMILES string of the molecule is C=CC(=O)OCCCCCCc1ccc(C(=O)Oc2ccc(OC(=O)c3ccc(OCCOCCOCCOCCOc4ccc(C(=O)Oc5ccc(OC(=O)c6ccc(CCCCCCOC(=O)C=C)cc6)cc5)c(C)c4)cc3C)cc2)cc1. The van der Waals surface area contributed by atoms with Crippen molar-refractivity contribution < 1.29 is 80.9 Å². The molecule has 0 spiro atoms. The Hall–Kier alpha value is -8.90. The van der Waals surface area contributed by atoms with E-state index in [1.807, 2.05) is 24.3 Å². The van der Waals surface area contributed by atoms with Gasteiger partial charge in [0.2, 0.25) is 0 Å². The topological polar surface area (TPSA) is 204 Å². The van der Waals surface area contributed by atoms with Crippen LogP contribution < -0.4 is 28.4 Å². The first-order chi connectivity index (χ1) is 41.4. The molecule has 0 aliphatic heterocycles. The molecule has 0 bridgehead atoms. The van der Waals surface area contributed by atoms with Crippen LogP contribution in [-0.4, -0.2) is 102 Å². The van der Waals surface area contributed by atoms with Crippen LogP contribution in [0, 0.1) is 13.8 Å². The summed E-state index contributed by atoms with van der Waals surface area (Å²) in [5.74, 6) is -0.548. The molecule has 6 aromatic rings. The lowest BCUT2D eigenvalue weighted by Gasteiger charge is -2.11. The summed E-state index contributed by atoms with van der Waals surface area (Å²) < 4.78 is 60.7. The number of rotatable bonds is 38. The van der Waals surface area contributed by atoms with Crippen molar-refractivity contribution in [3.63, 3.8) is 0 Å². The van der Waals surface area contributed by atoms with E-state index in [0.29, 0.717) is 134 Å². The van der Waals surface area contributed by atoms with E-state index in [0.717, 1.165) is 87.5 Å². The highest BCUT2D eigenvalue weighted by Gasteiger charge is 2.17. The standard InChI is InChI=1S/C68H74O17/c1-5-63(69)80-37-13-9-7-11-15-51-17-21-53(22-18-51)65(71)82-55-25-29-57(30-26-55)84-67(73)61-35-33-59(47-49(61)3)78-45-43-76-41-39-75-40-42-77-44-46-79-60-34-36-62(50(4)48-60)68(74)85-58-31-27-56(28-32-58)83-66(72)54-23-19-52(20-24-54)16-12-8-10-14-38-81-64(70)6-2/h5-6,17-36,47-48H,1-2,7-16,37-46H2,3-4H3. The van der Waals surface area contributed by atoms with Gasteiger partial charge in [0.15, 0.2) is 0 Å². The normalized spacial score (nSPS) is 10.8. The highest BCUT2D eigenvalue weighted by Crippen LogP contribution is 2.25. The Balaban J connectivity index is 0.757. The van der Waals surface area contributed by atoms with Crippen molar-refractivity contribution >= 4 is 35.8 Å². The molecule has 6 rings (SSSR count). The summed E-state index contributed by atoms with van der Waals surface area (Å²) in [5.41, 5.74) is 5.14. The summed E-state index contributed by atoms with van der Waals surface area (Å²) in [7, 11) is 0. The third-order valence-corrected chi connectivity index (χ3v) is 13.0. The molecule has 0 amide bonds. The molecule has 0 aliphatic carbocycles. The smallest absolute Gasteiger partial charge is 0.343 e. The summed E-state index contributed by atoms with van der Waals surface area (Å²) >= 11 is 0. The van der Waals surface area contributed by atoms with Gasteiger partial charge in [-0.1, -0.05) is 63.1 Å². The molecule has 0 unspecified atom stereocenters. The Morgan fingerprint density at radius 1 is 0.341 bits per heavy atom. The second-order valence-corrected chi connectivity index (χ2v) is 19.5. The minimum absolute atomic E-state index is 0.290. The molecule has 0 aliphatic rings. The molecule has 0 fully saturated rings. The fourth-order valence-corrected chi connectivity index (χ4v) is 8.34. The first-order valence-electron chi connectivity index (χ1n) is 28.4. The number of hydrogen-bond acceptors (Lipinski definition) is 17. The average molecular weight is 1160 g/mol. The minimum atomic E-state index is -0.543. The molecule has 85 heavy (non-hydrogen) atoms. The maximum Gasteiger partial charge on any atom is 0.343 e. The van der Waals surface area contributed by atoms with Crippen molar-refractivity contribution in [3.05, 3.63) is 203 Å². The van der Waals surface area contributed by atoms with E-state index in [2.05, 4.69) is 13.2 Å². The zero-order chi connectivity index (χ0) is 60.4. The zero-order valence-electron chi connectivity index (χ0n) is 48.4. The monoisotopic (exact) mass is 1160 g/mol. The fraction of sp³-hybridized carbons (Fsp3) is 0.324. The third kappa shape index (κ3) is 24.1. The Bertz CT molecular complexity index is 2890. The predicted octanol–water partition coefficient (Wildman–Crippen LogP) is 12.4. The lowest BCUT2D eigenvalue weighted by atomic mass is 10.0. The number of esters is 6. The number of ether oxygens (including phenoxy) is 11. The van der Waals surface area contributed by atoms with Crippen LogP contribution in [0.25, 0.3) is 0 Å². The maximum absolute atomic E-state index is 13.0. The molecule has 0 heterocycles. The van der Waals surface area contributed by atoms with Crippen molar-refractivity contribution in [1.29, 1.82) is 0 Å². The largest absolute Gasteiger partial charge is 0.491 e. The maximum atomic E-state index is 13.0. The van der Waals surface area contributed by atoms with E-state index < -0.39 is 35.8 Å². The third-order valence-electron chi connectivity index (χ3n) is 13.0. The van der Waals surface area contributed by atoms with Crippen molar-refractivity contribution in [2.75, 3.05) is 66.1 Å². The van der Waals surface area contributed by atoms with Crippen LogP contribution in [-0.2, 0) is 46.1 Å². The van der Waals surface area contributed by atoms with Gasteiger partial charge in [0.25, 0.3) is 0 Å². The van der Waals surface area contributed by atoms with E-state index in [-0.39, 0.29) is 0 Å². The highest BCUT2D eigenvalue weighted by atomic mass is 16.6. The molecule has 0 saturated carbocycles. The number of unbranched alkanes of at least 4 members (excludes halogenated alkanes) is 6. The zero-order valence-corrected chi connectivity index (χ0v) is 48.4.